The van der Waals surface area contributed by atoms with Crippen molar-refractivity contribution < 1.29 is 9.53 Å². The van der Waals surface area contributed by atoms with Crippen molar-refractivity contribution in [2.24, 2.45) is 0 Å². The fraction of sp³-hybridized carbons (Fsp3) is 0.0952. The van der Waals surface area contributed by atoms with E-state index >= 15 is 0 Å². The van der Waals surface area contributed by atoms with Crippen molar-refractivity contribution in [2.45, 2.75) is 13.5 Å². The average molecular weight is 317 g/mol. The van der Waals surface area contributed by atoms with Gasteiger partial charge in [0.25, 0.3) is 5.91 Å². The lowest BCUT2D eigenvalue weighted by Gasteiger charge is -2.09. The predicted molar refractivity (Wildman–Crippen MR) is 96.3 cm³/mol. The fourth-order valence-corrected chi connectivity index (χ4v) is 2.34. The van der Waals surface area contributed by atoms with Crippen LogP contribution in [0.4, 0.5) is 5.69 Å². The summed E-state index contributed by atoms with van der Waals surface area (Å²) in [7, 11) is 0. The van der Waals surface area contributed by atoms with Crippen LogP contribution >= 0.6 is 0 Å². The molecule has 0 heterocycles. The number of anilines is 1. The van der Waals surface area contributed by atoms with Crippen molar-refractivity contribution in [1.29, 1.82) is 0 Å². The topological polar surface area (TPSA) is 38.3 Å². The third kappa shape index (κ3) is 4.02. The molecular formula is C21H19NO2. The molecule has 0 bridgehead atoms. The van der Waals surface area contributed by atoms with E-state index in [1.54, 1.807) is 0 Å². The first-order chi connectivity index (χ1) is 11.7. The zero-order valence-corrected chi connectivity index (χ0v) is 13.5. The smallest absolute Gasteiger partial charge is 0.255 e. The van der Waals surface area contributed by atoms with Crippen molar-refractivity contribution in [1.82, 2.24) is 0 Å². The van der Waals surface area contributed by atoms with Gasteiger partial charge in [-0.3, -0.25) is 4.79 Å². The molecule has 0 radical (unpaired) electrons. The Hall–Kier alpha value is -3.07. The van der Waals surface area contributed by atoms with Crippen LogP contribution < -0.4 is 10.1 Å². The minimum atomic E-state index is -0.111. The summed E-state index contributed by atoms with van der Waals surface area (Å²) in [6.07, 6.45) is 0. The molecule has 3 heteroatoms. The Morgan fingerprint density at radius 3 is 2.25 bits per heavy atom. The summed E-state index contributed by atoms with van der Waals surface area (Å²) in [6.45, 7) is 2.45. The normalized spacial score (nSPS) is 10.2. The standard InChI is InChI=1S/C21H19NO2/c1-16-7-5-6-10-20(16)22-21(23)18-13-11-17(12-14-18)15-24-19-8-3-2-4-9-19/h2-14H,15H2,1H3,(H,22,23). The number of rotatable bonds is 5. The maximum atomic E-state index is 12.3. The maximum Gasteiger partial charge on any atom is 0.255 e. The van der Waals surface area contributed by atoms with Gasteiger partial charge in [-0.15, -0.1) is 0 Å². The SMILES string of the molecule is Cc1ccccc1NC(=O)c1ccc(COc2ccccc2)cc1. The van der Waals surface area contributed by atoms with Gasteiger partial charge in [-0.2, -0.15) is 0 Å². The van der Waals surface area contributed by atoms with Gasteiger partial charge in [-0.1, -0.05) is 48.5 Å². The van der Waals surface area contributed by atoms with E-state index in [1.807, 2.05) is 85.8 Å². The molecule has 120 valence electrons. The fourth-order valence-electron chi connectivity index (χ4n) is 2.34. The molecule has 0 saturated carbocycles. The first-order valence-corrected chi connectivity index (χ1v) is 7.86. The number of carbonyl (C=O) groups is 1. The van der Waals surface area contributed by atoms with E-state index in [2.05, 4.69) is 5.32 Å². The van der Waals surface area contributed by atoms with Crippen LogP contribution in [0.1, 0.15) is 21.5 Å². The van der Waals surface area contributed by atoms with Crippen LogP contribution in [-0.2, 0) is 6.61 Å². The van der Waals surface area contributed by atoms with E-state index < -0.39 is 0 Å². The number of benzene rings is 3. The van der Waals surface area contributed by atoms with Gasteiger partial charge in [0.05, 0.1) is 0 Å². The van der Waals surface area contributed by atoms with E-state index in [1.165, 1.54) is 0 Å². The Kier molecular flexibility index (Phi) is 4.92. The molecule has 3 rings (SSSR count). The molecule has 0 saturated heterocycles. The van der Waals surface area contributed by atoms with E-state index in [0.29, 0.717) is 12.2 Å². The van der Waals surface area contributed by atoms with Crippen LogP contribution in [0.15, 0.2) is 78.9 Å². The Bertz CT molecular complexity index is 811. The summed E-state index contributed by atoms with van der Waals surface area (Å²) in [5.41, 5.74) is 3.52. The lowest BCUT2D eigenvalue weighted by atomic mass is 10.1. The number of amides is 1. The number of ether oxygens (including phenoxy) is 1. The van der Waals surface area contributed by atoms with Crippen LogP contribution in [0.2, 0.25) is 0 Å². The zero-order chi connectivity index (χ0) is 16.8. The molecule has 24 heavy (non-hydrogen) atoms. The number of nitrogens with one attached hydrogen (secondary N) is 1. The average Bonchev–Trinajstić information content (AvgIpc) is 2.63. The van der Waals surface area contributed by atoms with Crippen molar-refractivity contribution in [3.8, 4) is 5.75 Å². The maximum absolute atomic E-state index is 12.3. The number of para-hydroxylation sites is 2. The van der Waals surface area contributed by atoms with E-state index in [9.17, 15) is 4.79 Å². The molecule has 0 aliphatic rings. The van der Waals surface area contributed by atoms with Gasteiger partial charge in [0.1, 0.15) is 12.4 Å². The van der Waals surface area contributed by atoms with Gasteiger partial charge in [-0.05, 0) is 48.4 Å². The molecule has 3 nitrogen and oxygen atoms in total. The Balaban J connectivity index is 1.61. The Morgan fingerprint density at radius 2 is 1.54 bits per heavy atom. The molecule has 0 aromatic heterocycles. The predicted octanol–water partition coefficient (Wildman–Crippen LogP) is 4.83. The van der Waals surface area contributed by atoms with Crippen molar-refractivity contribution in [3.63, 3.8) is 0 Å². The van der Waals surface area contributed by atoms with Crippen molar-refractivity contribution in [2.75, 3.05) is 5.32 Å². The summed E-state index contributed by atoms with van der Waals surface area (Å²) < 4.78 is 5.70. The van der Waals surface area contributed by atoms with Gasteiger partial charge in [0.15, 0.2) is 0 Å². The molecule has 1 N–H and O–H groups in total. The zero-order valence-electron chi connectivity index (χ0n) is 13.5. The highest BCUT2D eigenvalue weighted by atomic mass is 16.5. The molecular weight excluding hydrogens is 298 g/mol. The molecule has 0 aliphatic carbocycles. The van der Waals surface area contributed by atoms with Gasteiger partial charge in [0.2, 0.25) is 0 Å². The van der Waals surface area contributed by atoms with Gasteiger partial charge in [0, 0.05) is 11.3 Å². The summed E-state index contributed by atoms with van der Waals surface area (Å²) in [5.74, 6) is 0.721. The summed E-state index contributed by atoms with van der Waals surface area (Å²) >= 11 is 0. The van der Waals surface area contributed by atoms with Crippen LogP contribution in [0.5, 0.6) is 5.75 Å². The number of hydrogen-bond acceptors (Lipinski definition) is 2. The van der Waals surface area contributed by atoms with Gasteiger partial charge in [-0.25, -0.2) is 0 Å². The number of carbonyl (C=O) groups excluding carboxylic acids is 1. The highest BCUT2D eigenvalue weighted by Gasteiger charge is 2.07. The molecule has 3 aromatic carbocycles. The monoisotopic (exact) mass is 317 g/mol. The van der Waals surface area contributed by atoms with E-state index in [0.717, 1.165) is 22.6 Å². The molecule has 0 unspecified atom stereocenters. The Morgan fingerprint density at radius 1 is 0.875 bits per heavy atom. The summed E-state index contributed by atoms with van der Waals surface area (Å²) in [6, 6.07) is 24.9. The molecule has 3 aromatic rings. The van der Waals surface area contributed by atoms with Crippen LogP contribution in [0.3, 0.4) is 0 Å². The minimum Gasteiger partial charge on any atom is -0.489 e. The summed E-state index contributed by atoms with van der Waals surface area (Å²) in [4.78, 5) is 12.3. The van der Waals surface area contributed by atoms with Crippen LogP contribution in [0.25, 0.3) is 0 Å². The lowest BCUT2D eigenvalue weighted by molar-refractivity contribution is 0.102. The first-order valence-electron chi connectivity index (χ1n) is 7.86. The van der Waals surface area contributed by atoms with Crippen LogP contribution in [-0.4, -0.2) is 5.91 Å². The molecule has 1 amide bonds. The van der Waals surface area contributed by atoms with Gasteiger partial charge < -0.3 is 10.1 Å². The van der Waals surface area contributed by atoms with Crippen molar-refractivity contribution in [3.05, 3.63) is 95.6 Å². The third-order valence-corrected chi connectivity index (χ3v) is 3.76. The quantitative estimate of drug-likeness (QED) is 0.732. The first kappa shape index (κ1) is 15.8. The minimum absolute atomic E-state index is 0.111. The molecule has 0 atom stereocenters. The summed E-state index contributed by atoms with van der Waals surface area (Å²) in [5, 5.41) is 2.93. The highest BCUT2D eigenvalue weighted by Crippen LogP contribution is 2.16. The second-order valence-corrected chi connectivity index (χ2v) is 5.57. The second-order valence-electron chi connectivity index (χ2n) is 5.57. The molecule has 0 spiro atoms. The largest absolute Gasteiger partial charge is 0.489 e. The van der Waals surface area contributed by atoms with Gasteiger partial charge >= 0.3 is 0 Å². The number of hydrogen-bond donors (Lipinski definition) is 1. The van der Waals surface area contributed by atoms with E-state index in [-0.39, 0.29) is 5.91 Å². The third-order valence-electron chi connectivity index (χ3n) is 3.76. The number of aryl methyl sites for hydroxylation is 1. The van der Waals surface area contributed by atoms with E-state index in [4.69, 9.17) is 4.74 Å². The molecule has 0 fully saturated rings. The lowest BCUT2D eigenvalue weighted by Crippen LogP contribution is -2.12. The van der Waals surface area contributed by atoms with Crippen LogP contribution in [0, 0.1) is 6.92 Å². The molecule has 0 aliphatic heterocycles. The highest BCUT2D eigenvalue weighted by molar-refractivity contribution is 6.04. The Labute approximate surface area is 141 Å². The van der Waals surface area contributed by atoms with Crippen molar-refractivity contribution >= 4 is 11.6 Å². The second kappa shape index (κ2) is 7.47.